The summed E-state index contributed by atoms with van der Waals surface area (Å²) in [6.07, 6.45) is 62.4. The van der Waals surface area contributed by atoms with Crippen molar-refractivity contribution >= 4 is 17.9 Å². The van der Waals surface area contributed by atoms with Gasteiger partial charge < -0.3 is 14.2 Å². The highest BCUT2D eigenvalue weighted by molar-refractivity contribution is 5.71. The van der Waals surface area contributed by atoms with Gasteiger partial charge in [0.05, 0.1) is 0 Å². The number of ether oxygens (including phenoxy) is 3. The molecule has 0 bridgehead atoms. The number of rotatable bonds is 42. The van der Waals surface area contributed by atoms with Gasteiger partial charge in [-0.3, -0.25) is 14.4 Å². The van der Waals surface area contributed by atoms with Crippen molar-refractivity contribution in [3.63, 3.8) is 0 Å². The summed E-state index contributed by atoms with van der Waals surface area (Å²) in [6, 6.07) is 0. The molecule has 0 spiro atoms. The minimum Gasteiger partial charge on any atom is -0.462 e. The van der Waals surface area contributed by atoms with Crippen LogP contribution in [0.25, 0.3) is 0 Å². The molecule has 0 fully saturated rings. The fourth-order valence-electron chi connectivity index (χ4n) is 6.33. The fraction of sp³-hybridized carbons (Fsp3) is 0.648. The number of esters is 3. The average Bonchev–Trinajstić information content (AvgIpc) is 3.24. The standard InChI is InChI=1S/C54H88O6/c1-4-7-10-13-16-19-22-25-27-30-32-35-38-41-44-47-53(56)59-50-51(49-58-52(55)46-43-40-37-34-31-28-24-21-18-15-12-9-6-3)60-54(57)48-45-42-39-36-33-29-26-23-20-17-14-11-8-5-2/h7,9-10,12-13,15-16,18-19,21-22,24-25,27,29,33,51H,4-6,8,11,14,17,20,23,26,28,30-32,34-50H2,1-3H3/b10-7+,12-9+,16-13+,18-15+,22-19+,24-21+,27-25+,33-29+. The van der Waals surface area contributed by atoms with E-state index in [0.29, 0.717) is 19.3 Å². The lowest BCUT2D eigenvalue weighted by Crippen LogP contribution is -2.30. The maximum atomic E-state index is 12.8. The van der Waals surface area contributed by atoms with Gasteiger partial charge in [-0.25, -0.2) is 0 Å². The molecular formula is C54H88O6. The van der Waals surface area contributed by atoms with Crippen LogP contribution in [0.4, 0.5) is 0 Å². The Morgan fingerprint density at radius 2 is 0.667 bits per heavy atom. The van der Waals surface area contributed by atoms with Crippen LogP contribution >= 0.6 is 0 Å². The van der Waals surface area contributed by atoms with E-state index in [4.69, 9.17) is 14.2 Å². The van der Waals surface area contributed by atoms with Crippen molar-refractivity contribution < 1.29 is 28.6 Å². The molecule has 6 heteroatoms. The monoisotopic (exact) mass is 833 g/mol. The van der Waals surface area contributed by atoms with Crippen molar-refractivity contribution in [1.82, 2.24) is 0 Å². The third kappa shape index (κ3) is 45.4. The normalized spacial score (nSPS) is 12.9. The highest BCUT2D eigenvalue weighted by Crippen LogP contribution is 2.13. The average molecular weight is 833 g/mol. The fourth-order valence-corrected chi connectivity index (χ4v) is 6.33. The first-order valence-corrected chi connectivity index (χ1v) is 24.3. The van der Waals surface area contributed by atoms with Gasteiger partial charge in [0.2, 0.25) is 0 Å². The van der Waals surface area contributed by atoms with Crippen LogP contribution in [0.1, 0.15) is 207 Å². The highest BCUT2D eigenvalue weighted by Gasteiger charge is 2.19. The van der Waals surface area contributed by atoms with Crippen molar-refractivity contribution in [2.75, 3.05) is 13.2 Å². The zero-order valence-corrected chi connectivity index (χ0v) is 38.7. The SMILES string of the molecule is CC/C=C/C=C/C=C/C=C/CCCCCCCC(=O)OCC(COC(=O)CCCCCCC/C=C/C=C/C=C/CC)OC(=O)CCCCC/C=C/CCCCCCCCC. The van der Waals surface area contributed by atoms with Gasteiger partial charge in [-0.05, 0) is 83.5 Å². The minimum atomic E-state index is -0.803. The summed E-state index contributed by atoms with van der Waals surface area (Å²) >= 11 is 0. The van der Waals surface area contributed by atoms with E-state index in [1.165, 1.54) is 44.9 Å². The van der Waals surface area contributed by atoms with Gasteiger partial charge >= 0.3 is 17.9 Å². The Balaban J connectivity index is 4.49. The Labute approximate surface area is 368 Å². The Bertz CT molecular complexity index is 1230. The van der Waals surface area contributed by atoms with E-state index in [-0.39, 0.29) is 31.1 Å². The van der Waals surface area contributed by atoms with E-state index in [1.54, 1.807) is 0 Å². The van der Waals surface area contributed by atoms with Gasteiger partial charge in [0.1, 0.15) is 13.2 Å². The number of unbranched alkanes of at least 4 members (excludes halogenated alkanes) is 20. The Morgan fingerprint density at radius 1 is 0.350 bits per heavy atom. The maximum Gasteiger partial charge on any atom is 0.306 e. The molecule has 6 nitrogen and oxygen atoms in total. The van der Waals surface area contributed by atoms with Crippen molar-refractivity contribution in [2.24, 2.45) is 0 Å². The summed E-state index contributed by atoms with van der Waals surface area (Å²) in [5.74, 6) is -0.968. The third-order valence-electron chi connectivity index (χ3n) is 9.96. The van der Waals surface area contributed by atoms with Gasteiger partial charge in [0, 0.05) is 19.3 Å². The first-order chi connectivity index (χ1) is 29.5. The molecule has 1 unspecified atom stereocenters. The van der Waals surface area contributed by atoms with Crippen LogP contribution in [0.5, 0.6) is 0 Å². The molecule has 0 N–H and O–H groups in total. The lowest BCUT2D eigenvalue weighted by molar-refractivity contribution is -0.167. The molecule has 0 aliphatic rings. The minimum absolute atomic E-state index is 0.104. The van der Waals surface area contributed by atoms with Crippen LogP contribution in [0.15, 0.2) is 97.2 Å². The zero-order valence-electron chi connectivity index (χ0n) is 38.7. The van der Waals surface area contributed by atoms with E-state index >= 15 is 0 Å². The highest BCUT2D eigenvalue weighted by atomic mass is 16.6. The van der Waals surface area contributed by atoms with Gasteiger partial charge in [0.15, 0.2) is 6.10 Å². The molecule has 0 amide bonds. The molecule has 60 heavy (non-hydrogen) atoms. The van der Waals surface area contributed by atoms with Gasteiger partial charge in [-0.15, -0.1) is 0 Å². The first-order valence-electron chi connectivity index (χ1n) is 24.3. The predicted molar refractivity (Wildman–Crippen MR) is 256 cm³/mol. The molecule has 0 saturated heterocycles. The summed E-state index contributed by atoms with van der Waals surface area (Å²) in [5.41, 5.74) is 0. The maximum absolute atomic E-state index is 12.8. The predicted octanol–water partition coefficient (Wildman–Crippen LogP) is 15.8. The molecule has 0 aromatic carbocycles. The van der Waals surface area contributed by atoms with Gasteiger partial charge in [-0.1, -0.05) is 201 Å². The molecule has 0 aromatic heterocycles. The largest absolute Gasteiger partial charge is 0.462 e. The number of carbonyl (C=O) groups excluding carboxylic acids is 3. The lowest BCUT2D eigenvalue weighted by atomic mass is 10.1. The Morgan fingerprint density at radius 3 is 1.08 bits per heavy atom. The smallest absolute Gasteiger partial charge is 0.306 e. The summed E-state index contributed by atoms with van der Waals surface area (Å²) in [5, 5.41) is 0. The first kappa shape index (κ1) is 56.3. The molecule has 0 saturated carbocycles. The lowest BCUT2D eigenvalue weighted by Gasteiger charge is -2.18. The number of carbonyl (C=O) groups is 3. The van der Waals surface area contributed by atoms with Crippen molar-refractivity contribution in [3.8, 4) is 0 Å². The van der Waals surface area contributed by atoms with Crippen molar-refractivity contribution in [2.45, 2.75) is 213 Å². The molecule has 0 rings (SSSR count). The van der Waals surface area contributed by atoms with Crippen LogP contribution in [0.2, 0.25) is 0 Å². The van der Waals surface area contributed by atoms with Gasteiger partial charge in [0.25, 0.3) is 0 Å². The molecule has 1 atom stereocenters. The van der Waals surface area contributed by atoms with Crippen LogP contribution < -0.4 is 0 Å². The van der Waals surface area contributed by atoms with E-state index in [9.17, 15) is 14.4 Å². The van der Waals surface area contributed by atoms with E-state index in [1.807, 2.05) is 24.3 Å². The van der Waals surface area contributed by atoms with Crippen LogP contribution in [0.3, 0.4) is 0 Å². The third-order valence-corrected chi connectivity index (χ3v) is 9.96. The summed E-state index contributed by atoms with van der Waals surface area (Å²) in [4.78, 5) is 37.9. The quantitative estimate of drug-likeness (QED) is 0.0200. The number of hydrogen-bond donors (Lipinski definition) is 0. The topological polar surface area (TPSA) is 78.9 Å². The second kappa shape index (κ2) is 48.0. The number of allylic oxidation sites excluding steroid dienone is 16. The van der Waals surface area contributed by atoms with E-state index < -0.39 is 6.10 Å². The molecule has 0 radical (unpaired) electrons. The van der Waals surface area contributed by atoms with Crippen LogP contribution in [0, 0.1) is 0 Å². The van der Waals surface area contributed by atoms with E-state index in [0.717, 1.165) is 122 Å². The Kier molecular flexibility index (Phi) is 45.1. The molecule has 0 aliphatic carbocycles. The van der Waals surface area contributed by atoms with Crippen molar-refractivity contribution in [3.05, 3.63) is 97.2 Å². The zero-order chi connectivity index (χ0) is 43.7. The molecule has 0 heterocycles. The molecule has 0 aliphatic heterocycles. The summed E-state index contributed by atoms with van der Waals surface area (Å²) < 4.78 is 16.7. The van der Waals surface area contributed by atoms with Crippen LogP contribution in [-0.2, 0) is 28.6 Å². The Hall–Kier alpha value is -3.67. The van der Waals surface area contributed by atoms with Crippen LogP contribution in [-0.4, -0.2) is 37.2 Å². The molecule has 0 aromatic rings. The van der Waals surface area contributed by atoms with E-state index in [2.05, 4.69) is 93.7 Å². The molecule has 340 valence electrons. The van der Waals surface area contributed by atoms with Gasteiger partial charge in [-0.2, -0.15) is 0 Å². The number of hydrogen-bond acceptors (Lipinski definition) is 6. The summed E-state index contributed by atoms with van der Waals surface area (Å²) in [6.45, 7) is 6.29. The van der Waals surface area contributed by atoms with Crippen molar-refractivity contribution in [1.29, 1.82) is 0 Å². The second-order valence-electron chi connectivity index (χ2n) is 15.8. The summed E-state index contributed by atoms with van der Waals surface area (Å²) in [7, 11) is 0. The second-order valence-corrected chi connectivity index (χ2v) is 15.8. The molecular weight excluding hydrogens is 745 g/mol.